The molecule has 0 aromatic heterocycles. The third-order valence-electron chi connectivity index (χ3n) is 1.38. The number of rotatable bonds is 2. The first-order valence-corrected chi connectivity index (χ1v) is 4.34. The smallest absolute Gasteiger partial charge is 0.407 e. The van der Waals surface area contributed by atoms with Crippen molar-refractivity contribution in [1.82, 2.24) is 5.32 Å². The molecular formula is C9H19NO2. The van der Waals surface area contributed by atoms with Crippen molar-refractivity contribution in [1.29, 1.82) is 0 Å². The number of carbonyl (C=O) groups is 1. The lowest BCUT2D eigenvalue weighted by atomic mass is 10.2. The van der Waals surface area contributed by atoms with Crippen molar-refractivity contribution in [2.75, 3.05) is 0 Å². The van der Waals surface area contributed by atoms with E-state index in [-0.39, 0.29) is 12.1 Å². The molecule has 0 aromatic carbocycles. The summed E-state index contributed by atoms with van der Waals surface area (Å²) in [5, 5.41) is 2.72. The Morgan fingerprint density at radius 1 is 1.50 bits per heavy atom. The lowest BCUT2D eigenvalue weighted by molar-refractivity contribution is 0.0507. The van der Waals surface area contributed by atoms with E-state index in [4.69, 9.17) is 4.74 Å². The molecule has 1 amide bonds. The van der Waals surface area contributed by atoms with E-state index in [0.29, 0.717) is 0 Å². The molecule has 1 atom stereocenters. The number of alkyl carbamates (subject to hydrolysis) is 1. The van der Waals surface area contributed by atoms with E-state index < -0.39 is 5.60 Å². The predicted octanol–water partition coefficient (Wildman–Crippen LogP) is 2.31. The van der Waals surface area contributed by atoms with Gasteiger partial charge in [0.2, 0.25) is 0 Å². The summed E-state index contributed by atoms with van der Waals surface area (Å²) < 4.78 is 5.06. The summed E-state index contributed by atoms with van der Waals surface area (Å²) in [5.74, 6) is 0. The van der Waals surface area contributed by atoms with Gasteiger partial charge >= 0.3 is 6.09 Å². The molecule has 3 heteroatoms. The molecule has 0 rings (SSSR count). The Labute approximate surface area is 74.5 Å². The Balaban J connectivity index is 3.75. The molecule has 0 unspecified atom stereocenters. The maximum absolute atomic E-state index is 11.1. The van der Waals surface area contributed by atoms with Crippen molar-refractivity contribution in [3.05, 3.63) is 0 Å². The van der Waals surface area contributed by atoms with Gasteiger partial charge in [-0.15, -0.1) is 0 Å². The molecule has 0 saturated heterocycles. The zero-order chi connectivity index (χ0) is 9.78. The van der Waals surface area contributed by atoms with Crippen LogP contribution in [0.15, 0.2) is 0 Å². The number of hydrogen-bond acceptors (Lipinski definition) is 2. The molecule has 0 radical (unpaired) electrons. The van der Waals surface area contributed by atoms with Gasteiger partial charge in [0.25, 0.3) is 0 Å². The summed E-state index contributed by atoms with van der Waals surface area (Å²) in [6, 6.07) is 0.180. The van der Waals surface area contributed by atoms with Crippen LogP contribution in [0.25, 0.3) is 0 Å². The highest BCUT2D eigenvalue weighted by Crippen LogP contribution is 2.06. The Bertz CT molecular complexity index is 149. The number of nitrogens with one attached hydrogen (secondary N) is 1. The van der Waals surface area contributed by atoms with Gasteiger partial charge in [-0.25, -0.2) is 4.79 Å². The maximum atomic E-state index is 11.1. The molecule has 0 aliphatic carbocycles. The highest BCUT2D eigenvalue weighted by molar-refractivity contribution is 5.67. The van der Waals surface area contributed by atoms with Crippen molar-refractivity contribution in [3.63, 3.8) is 0 Å². The van der Waals surface area contributed by atoms with Gasteiger partial charge in [0.15, 0.2) is 0 Å². The zero-order valence-electron chi connectivity index (χ0n) is 8.60. The van der Waals surface area contributed by atoms with E-state index in [1.54, 1.807) is 0 Å². The van der Waals surface area contributed by atoms with Gasteiger partial charge < -0.3 is 10.1 Å². The third kappa shape index (κ3) is 6.01. The molecule has 0 fully saturated rings. The molecule has 0 aliphatic rings. The highest BCUT2D eigenvalue weighted by Gasteiger charge is 2.16. The maximum Gasteiger partial charge on any atom is 0.407 e. The fourth-order valence-corrected chi connectivity index (χ4v) is 0.611. The van der Waals surface area contributed by atoms with Gasteiger partial charge in [-0.1, -0.05) is 6.92 Å². The first kappa shape index (κ1) is 11.3. The van der Waals surface area contributed by atoms with Crippen LogP contribution < -0.4 is 5.32 Å². The van der Waals surface area contributed by atoms with Gasteiger partial charge in [-0.3, -0.25) is 0 Å². The SMILES string of the molecule is CC[C@@H](C)NC(=O)OC(C)(C)C. The van der Waals surface area contributed by atoms with Gasteiger partial charge in [0, 0.05) is 6.04 Å². The van der Waals surface area contributed by atoms with Crippen LogP contribution in [0.5, 0.6) is 0 Å². The third-order valence-corrected chi connectivity index (χ3v) is 1.38. The first-order chi connectivity index (χ1) is 5.35. The second-order valence-corrected chi connectivity index (χ2v) is 3.96. The van der Waals surface area contributed by atoms with Crippen LogP contribution in [-0.2, 0) is 4.74 Å². The molecule has 0 aromatic rings. The number of carbonyl (C=O) groups excluding carboxylic acids is 1. The Kier molecular flexibility index (Phi) is 4.07. The Morgan fingerprint density at radius 2 is 2.00 bits per heavy atom. The first-order valence-electron chi connectivity index (χ1n) is 4.34. The molecule has 72 valence electrons. The Hall–Kier alpha value is -0.730. The van der Waals surface area contributed by atoms with E-state index in [0.717, 1.165) is 6.42 Å². The standard InChI is InChI=1S/C9H19NO2/c1-6-7(2)10-8(11)12-9(3,4)5/h7H,6H2,1-5H3,(H,10,11)/t7-/m1/s1. The summed E-state index contributed by atoms with van der Waals surface area (Å²) in [6.07, 6.45) is 0.580. The lowest BCUT2D eigenvalue weighted by Crippen LogP contribution is -2.37. The minimum Gasteiger partial charge on any atom is -0.444 e. The topological polar surface area (TPSA) is 38.3 Å². The molecule has 0 heterocycles. The second kappa shape index (κ2) is 4.33. The number of hydrogen-bond donors (Lipinski definition) is 1. The minimum absolute atomic E-state index is 0.180. The fraction of sp³-hybridized carbons (Fsp3) is 0.889. The van der Waals surface area contributed by atoms with Gasteiger partial charge in [0.05, 0.1) is 0 Å². The molecule has 0 spiro atoms. The van der Waals surface area contributed by atoms with Gasteiger partial charge in [-0.05, 0) is 34.1 Å². The van der Waals surface area contributed by atoms with Crippen LogP contribution in [0.1, 0.15) is 41.0 Å². The average molecular weight is 173 g/mol. The van der Waals surface area contributed by atoms with Crippen molar-refractivity contribution in [2.24, 2.45) is 0 Å². The van der Waals surface area contributed by atoms with Crippen molar-refractivity contribution in [2.45, 2.75) is 52.7 Å². The average Bonchev–Trinajstić information content (AvgIpc) is 1.82. The van der Waals surface area contributed by atoms with Crippen molar-refractivity contribution >= 4 is 6.09 Å². The van der Waals surface area contributed by atoms with E-state index in [2.05, 4.69) is 5.32 Å². The predicted molar refractivity (Wildman–Crippen MR) is 49.1 cm³/mol. The number of amides is 1. The summed E-state index contributed by atoms with van der Waals surface area (Å²) in [4.78, 5) is 11.1. The number of ether oxygens (including phenoxy) is 1. The second-order valence-electron chi connectivity index (χ2n) is 3.96. The lowest BCUT2D eigenvalue weighted by Gasteiger charge is -2.21. The van der Waals surface area contributed by atoms with Gasteiger partial charge in [0.1, 0.15) is 5.60 Å². The van der Waals surface area contributed by atoms with Crippen LogP contribution in [0.2, 0.25) is 0 Å². The zero-order valence-corrected chi connectivity index (χ0v) is 8.60. The van der Waals surface area contributed by atoms with E-state index in [9.17, 15) is 4.79 Å². The highest BCUT2D eigenvalue weighted by atomic mass is 16.6. The van der Waals surface area contributed by atoms with Crippen LogP contribution in [0.3, 0.4) is 0 Å². The quantitative estimate of drug-likeness (QED) is 0.696. The van der Waals surface area contributed by atoms with Crippen molar-refractivity contribution in [3.8, 4) is 0 Å². The summed E-state index contributed by atoms with van der Waals surface area (Å²) in [5.41, 5.74) is -0.405. The molecule has 12 heavy (non-hydrogen) atoms. The van der Waals surface area contributed by atoms with Crippen LogP contribution >= 0.6 is 0 Å². The van der Waals surface area contributed by atoms with Crippen LogP contribution in [0.4, 0.5) is 4.79 Å². The van der Waals surface area contributed by atoms with E-state index >= 15 is 0 Å². The monoisotopic (exact) mass is 173 g/mol. The van der Waals surface area contributed by atoms with E-state index in [1.807, 2.05) is 34.6 Å². The molecule has 0 saturated carbocycles. The normalized spacial score (nSPS) is 13.8. The molecule has 1 N–H and O–H groups in total. The molecule has 3 nitrogen and oxygen atoms in total. The van der Waals surface area contributed by atoms with Crippen LogP contribution in [-0.4, -0.2) is 17.7 Å². The largest absolute Gasteiger partial charge is 0.444 e. The Morgan fingerprint density at radius 3 is 2.33 bits per heavy atom. The van der Waals surface area contributed by atoms with E-state index in [1.165, 1.54) is 0 Å². The molecule has 0 aliphatic heterocycles. The van der Waals surface area contributed by atoms with Crippen molar-refractivity contribution < 1.29 is 9.53 Å². The summed E-state index contributed by atoms with van der Waals surface area (Å²) in [7, 11) is 0. The van der Waals surface area contributed by atoms with Crippen LogP contribution in [0, 0.1) is 0 Å². The fourth-order valence-electron chi connectivity index (χ4n) is 0.611. The molecule has 0 bridgehead atoms. The summed E-state index contributed by atoms with van der Waals surface area (Å²) >= 11 is 0. The minimum atomic E-state index is -0.405. The van der Waals surface area contributed by atoms with Gasteiger partial charge in [-0.2, -0.15) is 0 Å². The summed E-state index contributed by atoms with van der Waals surface area (Å²) in [6.45, 7) is 9.52. The molecular weight excluding hydrogens is 154 g/mol.